The molecule has 0 saturated carbocycles. The van der Waals surface area contributed by atoms with Gasteiger partial charge in [0.15, 0.2) is 0 Å². The van der Waals surface area contributed by atoms with E-state index < -0.39 is 0 Å². The van der Waals surface area contributed by atoms with Crippen molar-refractivity contribution in [2.45, 2.75) is 6.04 Å². The lowest BCUT2D eigenvalue weighted by molar-refractivity contribution is -0.136. The van der Waals surface area contributed by atoms with E-state index in [4.69, 9.17) is 4.74 Å². The number of likely N-dealkylation sites (N-methyl/N-ethyl adjacent to an activating group) is 1. The Bertz CT molecular complexity index is 283. The van der Waals surface area contributed by atoms with Crippen molar-refractivity contribution in [1.82, 2.24) is 15.5 Å². The molecular formula is C11H21N3O3S. The van der Waals surface area contributed by atoms with E-state index in [1.807, 2.05) is 0 Å². The summed E-state index contributed by atoms with van der Waals surface area (Å²) in [7, 11) is 3.23. The van der Waals surface area contributed by atoms with Crippen molar-refractivity contribution < 1.29 is 14.3 Å². The van der Waals surface area contributed by atoms with E-state index in [2.05, 4.69) is 10.6 Å². The third-order valence-electron chi connectivity index (χ3n) is 2.61. The average Bonchev–Trinajstić information content (AvgIpc) is 2.39. The molecule has 2 amide bonds. The number of nitrogens with zero attached hydrogens (tertiary/aromatic N) is 1. The summed E-state index contributed by atoms with van der Waals surface area (Å²) in [6.45, 7) is 1.87. The number of hydrogen-bond donors (Lipinski definition) is 2. The SMILES string of the molecule is COCCNC(=O)CN(C)C(=O)C1CSCCN1. The minimum Gasteiger partial charge on any atom is -0.383 e. The maximum Gasteiger partial charge on any atom is 0.240 e. The molecule has 1 aliphatic heterocycles. The van der Waals surface area contributed by atoms with Crippen LogP contribution in [0.3, 0.4) is 0 Å². The number of carbonyl (C=O) groups excluding carboxylic acids is 2. The molecule has 0 aromatic heterocycles. The van der Waals surface area contributed by atoms with Gasteiger partial charge in [-0.05, 0) is 0 Å². The molecule has 0 aromatic rings. The van der Waals surface area contributed by atoms with Crippen LogP contribution in [0.25, 0.3) is 0 Å². The molecule has 1 fully saturated rings. The van der Waals surface area contributed by atoms with E-state index in [-0.39, 0.29) is 24.4 Å². The maximum atomic E-state index is 12.0. The largest absolute Gasteiger partial charge is 0.383 e. The fourth-order valence-corrected chi connectivity index (χ4v) is 2.56. The van der Waals surface area contributed by atoms with E-state index in [1.165, 1.54) is 4.90 Å². The highest BCUT2D eigenvalue weighted by molar-refractivity contribution is 7.99. The van der Waals surface area contributed by atoms with E-state index in [1.54, 1.807) is 25.9 Å². The molecule has 18 heavy (non-hydrogen) atoms. The number of hydrogen-bond acceptors (Lipinski definition) is 5. The summed E-state index contributed by atoms with van der Waals surface area (Å²) < 4.78 is 4.83. The number of rotatable bonds is 6. The van der Waals surface area contributed by atoms with Crippen LogP contribution in [-0.2, 0) is 14.3 Å². The Balaban J connectivity index is 2.27. The van der Waals surface area contributed by atoms with Crippen molar-refractivity contribution in [2.24, 2.45) is 0 Å². The first-order chi connectivity index (χ1) is 8.65. The van der Waals surface area contributed by atoms with Gasteiger partial charge in [-0.15, -0.1) is 0 Å². The van der Waals surface area contributed by atoms with Gasteiger partial charge in [-0.3, -0.25) is 9.59 Å². The Labute approximate surface area is 112 Å². The minimum atomic E-state index is -0.166. The van der Waals surface area contributed by atoms with Crippen LogP contribution in [0.4, 0.5) is 0 Å². The quantitative estimate of drug-likeness (QED) is 0.603. The van der Waals surface area contributed by atoms with E-state index >= 15 is 0 Å². The molecule has 6 nitrogen and oxygen atoms in total. The Kier molecular flexibility index (Phi) is 7.07. The van der Waals surface area contributed by atoms with Crippen molar-refractivity contribution in [2.75, 3.05) is 51.9 Å². The molecule has 104 valence electrons. The van der Waals surface area contributed by atoms with Gasteiger partial charge in [-0.1, -0.05) is 0 Å². The fourth-order valence-electron chi connectivity index (χ4n) is 1.63. The lowest BCUT2D eigenvalue weighted by atomic mass is 10.3. The first-order valence-corrected chi connectivity index (χ1v) is 7.12. The van der Waals surface area contributed by atoms with Crippen LogP contribution in [0, 0.1) is 0 Å². The molecule has 7 heteroatoms. The summed E-state index contributed by atoms with van der Waals surface area (Å²) in [6, 6.07) is -0.166. The molecule has 2 N–H and O–H groups in total. The normalized spacial score (nSPS) is 19.3. The standard InChI is InChI=1S/C11H21N3O3S/c1-14(7-10(15)13-3-5-17-2)11(16)9-8-18-6-4-12-9/h9,12H,3-8H2,1-2H3,(H,13,15). The number of methoxy groups -OCH3 is 1. The summed E-state index contributed by atoms with van der Waals surface area (Å²) in [5.74, 6) is 1.62. The summed E-state index contributed by atoms with van der Waals surface area (Å²) >= 11 is 1.76. The Morgan fingerprint density at radius 1 is 1.56 bits per heavy atom. The predicted octanol–water partition coefficient (Wildman–Crippen LogP) is -1.09. The van der Waals surface area contributed by atoms with E-state index in [9.17, 15) is 9.59 Å². The number of thioether (sulfide) groups is 1. The topological polar surface area (TPSA) is 70.7 Å². The van der Waals surface area contributed by atoms with Crippen LogP contribution in [0.5, 0.6) is 0 Å². The summed E-state index contributed by atoms with van der Waals surface area (Å²) in [4.78, 5) is 25.0. The van der Waals surface area contributed by atoms with Gasteiger partial charge in [0.05, 0.1) is 19.2 Å². The van der Waals surface area contributed by atoms with Crippen LogP contribution in [0.1, 0.15) is 0 Å². The molecule has 0 aliphatic carbocycles. The molecule has 1 unspecified atom stereocenters. The van der Waals surface area contributed by atoms with Crippen molar-refractivity contribution in [3.63, 3.8) is 0 Å². The van der Waals surface area contributed by atoms with Gasteiger partial charge in [0.25, 0.3) is 0 Å². The summed E-state index contributed by atoms with van der Waals surface area (Å²) in [5.41, 5.74) is 0. The molecule has 0 bridgehead atoms. The molecule has 0 aromatic carbocycles. The molecule has 1 aliphatic rings. The maximum absolute atomic E-state index is 12.0. The Morgan fingerprint density at radius 2 is 2.33 bits per heavy atom. The fraction of sp³-hybridized carbons (Fsp3) is 0.818. The van der Waals surface area contributed by atoms with E-state index in [0.717, 1.165) is 18.1 Å². The van der Waals surface area contributed by atoms with Gasteiger partial charge in [-0.2, -0.15) is 11.8 Å². The van der Waals surface area contributed by atoms with Gasteiger partial charge in [0, 0.05) is 38.8 Å². The lowest BCUT2D eigenvalue weighted by Crippen LogP contribution is -2.51. The van der Waals surface area contributed by atoms with Crippen LogP contribution in [0.15, 0.2) is 0 Å². The highest BCUT2D eigenvalue weighted by atomic mass is 32.2. The second-order valence-corrected chi connectivity index (χ2v) is 5.27. The smallest absolute Gasteiger partial charge is 0.240 e. The molecule has 1 rings (SSSR count). The second-order valence-electron chi connectivity index (χ2n) is 4.12. The third-order valence-corrected chi connectivity index (χ3v) is 3.67. The molecule has 1 saturated heterocycles. The highest BCUT2D eigenvalue weighted by Crippen LogP contribution is 2.09. The van der Waals surface area contributed by atoms with Crippen LogP contribution in [-0.4, -0.2) is 74.7 Å². The van der Waals surface area contributed by atoms with Crippen molar-refractivity contribution in [1.29, 1.82) is 0 Å². The average molecular weight is 275 g/mol. The number of ether oxygens (including phenoxy) is 1. The van der Waals surface area contributed by atoms with Gasteiger partial charge in [0.2, 0.25) is 11.8 Å². The second kappa shape index (κ2) is 8.34. The van der Waals surface area contributed by atoms with E-state index in [0.29, 0.717) is 13.2 Å². The Hall–Kier alpha value is -0.790. The summed E-state index contributed by atoms with van der Waals surface area (Å²) in [5, 5.41) is 5.85. The first-order valence-electron chi connectivity index (χ1n) is 5.97. The van der Waals surface area contributed by atoms with Crippen molar-refractivity contribution in [3.8, 4) is 0 Å². The zero-order valence-corrected chi connectivity index (χ0v) is 11.7. The van der Waals surface area contributed by atoms with Gasteiger partial charge >= 0.3 is 0 Å². The zero-order chi connectivity index (χ0) is 13.4. The molecule has 1 heterocycles. The molecule has 0 spiro atoms. The minimum absolute atomic E-state index is 0.0240. The van der Waals surface area contributed by atoms with Crippen LogP contribution < -0.4 is 10.6 Å². The monoisotopic (exact) mass is 275 g/mol. The predicted molar refractivity (Wildman–Crippen MR) is 71.6 cm³/mol. The van der Waals surface area contributed by atoms with Crippen molar-refractivity contribution >= 4 is 23.6 Å². The van der Waals surface area contributed by atoms with Gasteiger partial charge < -0.3 is 20.3 Å². The third kappa shape index (κ3) is 5.24. The number of nitrogens with one attached hydrogen (secondary N) is 2. The number of amides is 2. The van der Waals surface area contributed by atoms with Gasteiger partial charge in [0.1, 0.15) is 0 Å². The molecular weight excluding hydrogens is 254 g/mol. The zero-order valence-electron chi connectivity index (χ0n) is 10.9. The molecule has 1 atom stereocenters. The van der Waals surface area contributed by atoms with Crippen LogP contribution >= 0.6 is 11.8 Å². The first kappa shape index (κ1) is 15.3. The van der Waals surface area contributed by atoms with Gasteiger partial charge in [-0.25, -0.2) is 0 Å². The highest BCUT2D eigenvalue weighted by Gasteiger charge is 2.24. The van der Waals surface area contributed by atoms with Crippen LogP contribution in [0.2, 0.25) is 0 Å². The number of carbonyl (C=O) groups is 2. The summed E-state index contributed by atoms with van der Waals surface area (Å²) in [6.07, 6.45) is 0. The van der Waals surface area contributed by atoms with Crippen molar-refractivity contribution in [3.05, 3.63) is 0 Å². The lowest BCUT2D eigenvalue weighted by Gasteiger charge is -2.26. The molecule has 0 radical (unpaired) electrons. The Morgan fingerprint density at radius 3 is 2.94 bits per heavy atom.